The number of hydrogen-bond acceptors (Lipinski definition) is 8. The summed E-state index contributed by atoms with van der Waals surface area (Å²) >= 11 is 12.6. The second-order valence-corrected chi connectivity index (χ2v) is 10.2. The van der Waals surface area contributed by atoms with Gasteiger partial charge in [-0.3, -0.25) is 9.69 Å². The number of carbonyl (C=O) groups excluding carboxylic acids is 2. The van der Waals surface area contributed by atoms with E-state index in [2.05, 4.69) is 0 Å². The van der Waals surface area contributed by atoms with Crippen LogP contribution in [-0.2, 0) is 11.2 Å². The molecule has 3 aromatic rings. The summed E-state index contributed by atoms with van der Waals surface area (Å²) in [5.74, 6) is 1.18. The molecule has 3 aromatic carbocycles. The Morgan fingerprint density at radius 1 is 0.921 bits per heavy atom. The van der Waals surface area contributed by atoms with Gasteiger partial charge in [-0.25, -0.2) is 4.79 Å². The first-order valence-electron chi connectivity index (χ1n) is 11.4. The van der Waals surface area contributed by atoms with Crippen molar-refractivity contribution >= 4 is 57.9 Å². The third-order valence-corrected chi connectivity index (χ3v) is 7.34. The molecule has 0 unspecified atom stereocenters. The number of amides is 1. The molecule has 7 nitrogen and oxygen atoms in total. The number of esters is 1. The normalized spacial score (nSPS) is 14.1. The Morgan fingerprint density at radius 2 is 1.58 bits per heavy atom. The van der Waals surface area contributed by atoms with Crippen LogP contribution in [0.5, 0.6) is 23.0 Å². The average molecular weight is 570 g/mol. The Bertz CT molecular complexity index is 1410. The molecule has 1 amide bonds. The van der Waals surface area contributed by atoms with Gasteiger partial charge in [0.05, 0.1) is 31.8 Å². The lowest BCUT2D eigenvalue weighted by molar-refractivity contribution is -0.122. The molecule has 0 bridgehead atoms. The molecular formula is C28H24ClNO6S2. The first-order valence-corrected chi connectivity index (χ1v) is 13.0. The molecule has 1 fully saturated rings. The average Bonchev–Trinajstić information content (AvgIpc) is 3.19. The second kappa shape index (κ2) is 12.3. The Kier molecular flexibility index (Phi) is 8.93. The van der Waals surface area contributed by atoms with E-state index in [1.54, 1.807) is 67.7 Å². The van der Waals surface area contributed by atoms with Gasteiger partial charge < -0.3 is 18.9 Å². The Balaban J connectivity index is 1.45. The molecule has 0 spiro atoms. The van der Waals surface area contributed by atoms with Gasteiger partial charge in [0.2, 0.25) is 0 Å². The van der Waals surface area contributed by atoms with E-state index in [4.69, 9.17) is 42.8 Å². The van der Waals surface area contributed by atoms with Crippen LogP contribution in [0.1, 0.15) is 21.5 Å². The Hall–Kier alpha value is -3.53. The summed E-state index contributed by atoms with van der Waals surface area (Å²) in [6, 6.07) is 17.1. The van der Waals surface area contributed by atoms with E-state index >= 15 is 0 Å². The number of thiocarbonyl (C=S) groups is 1. The van der Waals surface area contributed by atoms with Crippen LogP contribution in [0.3, 0.4) is 0 Å². The van der Waals surface area contributed by atoms with Crippen molar-refractivity contribution in [2.45, 2.75) is 6.42 Å². The minimum absolute atomic E-state index is 0.169. The first-order chi connectivity index (χ1) is 18.3. The molecule has 1 saturated heterocycles. The monoisotopic (exact) mass is 569 g/mol. The van der Waals surface area contributed by atoms with Crippen molar-refractivity contribution in [2.24, 2.45) is 0 Å². The molecule has 0 aliphatic carbocycles. The summed E-state index contributed by atoms with van der Waals surface area (Å²) in [5, 5.41) is 0.523. The lowest BCUT2D eigenvalue weighted by atomic mass is 10.1. The minimum Gasteiger partial charge on any atom is -0.493 e. The van der Waals surface area contributed by atoms with Gasteiger partial charge >= 0.3 is 5.97 Å². The van der Waals surface area contributed by atoms with Crippen molar-refractivity contribution in [3.63, 3.8) is 0 Å². The fourth-order valence-electron chi connectivity index (χ4n) is 3.72. The molecule has 0 atom stereocenters. The first kappa shape index (κ1) is 27.5. The van der Waals surface area contributed by atoms with E-state index in [0.717, 1.165) is 5.56 Å². The zero-order chi connectivity index (χ0) is 27.2. The quantitative estimate of drug-likeness (QED) is 0.134. The number of thioether (sulfide) groups is 1. The van der Waals surface area contributed by atoms with Gasteiger partial charge in [-0.2, -0.15) is 0 Å². The summed E-state index contributed by atoms with van der Waals surface area (Å²) in [4.78, 5) is 27.7. The van der Waals surface area contributed by atoms with Crippen molar-refractivity contribution in [1.29, 1.82) is 0 Å². The summed E-state index contributed by atoms with van der Waals surface area (Å²) in [6.45, 7) is 0.431. The van der Waals surface area contributed by atoms with Crippen molar-refractivity contribution in [3.05, 3.63) is 87.3 Å². The fourth-order valence-corrected chi connectivity index (χ4v) is 5.16. The molecule has 0 radical (unpaired) electrons. The highest BCUT2D eigenvalue weighted by atomic mass is 35.5. The third kappa shape index (κ3) is 6.30. The number of rotatable bonds is 9. The fraction of sp³-hybridized carbons (Fsp3) is 0.179. The standard InChI is InChI=1S/C28H24ClNO6S2/c1-33-21-10-4-17(14-23(21)34-2)12-13-30-26(31)25(38-28(30)37)16-18-5-11-22(24(15-18)35-3)36-27(32)19-6-8-20(29)9-7-19/h4-11,14-16H,12-13H2,1-3H3/b25-16+. The second-order valence-electron chi connectivity index (χ2n) is 8.08. The van der Waals surface area contributed by atoms with Gasteiger partial charge in [0.15, 0.2) is 23.0 Å². The van der Waals surface area contributed by atoms with Crippen LogP contribution < -0.4 is 18.9 Å². The predicted octanol–water partition coefficient (Wildman–Crippen LogP) is 6.03. The summed E-state index contributed by atoms with van der Waals surface area (Å²) < 4.78 is 22.1. The number of benzene rings is 3. The maximum Gasteiger partial charge on any atom is 0.343 e. The number of methoxy groups -OCH3 is 3. The molecular weight excluding hydrogens is 546 g/mol. The summed E-state index contributed by atoms with van der Waals surface area (Å²) in [5.41, 5.74) is 2.06. The van der Waals surface area contributed by atoms with E-state index in [9.17, 15) is 9.59 Å². The highest BCUT2D eigenvalue weighted by Gasteiger charge is 2.31. The van der Waals surface area contributed by atoms with Crippen molar-refractivity contribution in [3.8, 4) is 23.0 Å². The molecule has 38 heavy (non-hydrogen) atoms. The van der Waals surface area contributed by atoms with Gasteiger partial charge in [0.25, 0.3) is 5.91 Å². The van der Waals surface area contributed by atoms with E-state index in [0.29, 0.717) is 55.6 Å². The number of carbonyl (C=O) groups is 2. The molecule has 1 aliphatic heterocycles. The van der Waals surface area contributed by atoms with Gasteiger partial charge in [0.1, 0.15) is 4.32 Å². The van der Waals surface area contributed by atoms with E-state index < -0.39 is 5.97 Å². The van der Waals surface area contributed by atoms with Crippen molar-refractivity contribution in [1.82, 2.24) is 4.90 Å². The lowest BCUT2D eigenvalue weighted by Gasteiger charge is -2.15. The summed E-state index contributed by atoms with van der Waals surface area (Å²) in [6.07, 6.45) is 2.34. The predicted molar refractivity (Wildman–Crippen MR) is 153 cm³/mol. The smallest absolute Gasteiger partial charge is 0.343 e. The lowest BCUT2D eigenvalue weighted by Crippen LogP contribution is -2.30. The molecule has 0 N–H and O–H groups in total. The maximum atomic E-state index is 13.1. The van der Waals surface area contributed by atoms with E-state index in [1.807, 2.05) is 18.2 Å². The minimum atomic E-state index is -0.539. The van der Waals surface area contributed by atoms with E-state index in [1.165, 1.54) is 18.9 Å². The van der Waals surface area contributed by atoms with Crippen molar-refractivity contribution in [2.75, 3.05) is 27.9 Å². The number of nitrogens with zero attached hydrogens (tertiary/aromatic N) is 1. The zero-order valence-electron chi connectivity index (χ0n) is 20.9. The van der Waals surface area contributed by atoms with Gasteiger partial charge in [-0.05, 0) is 72.2 Å². The van der Waals surface area contributed by atoms with Crippen LogP contribution in [0.15, 0.2) is 65.6 Å². The van der Waals surface area contributed by atoms with Crippen molar-refractivity contribution < 1.29 is 28.5 Å². The molecule has 1 aliphatic rings. The Morgan fingerprint density at radius 3 is 2.26 bits per heavy atom. The topological polar surface area (TPSA) is 74.3 Å². The third-order valence-electron chi connectivity index (χ3n) is 5.71. The summed E-state index contributed by atoms with van der Waals surface area (Å²) in [7, 11) is 4.65. The highest BCUT2D eigenvalue weighted by Crippen LogP contribution is 2.35. The number of halogens is 1. The molecule has 4 rings (SSSR count). The molecule has 1 heterocycles. The molecule has 10 heteroatoms. The highest BCUT2D eigenvalue weighted by molar-refractivity contribution is 8.26. The largest absolute Gasteiger partial charge is 0.493 e. The van der Waals surface area contributed by atoms with Gasteiger partial charge in [0, 0.05) is 11.6 Å². The Labute approximate surface area is 235 Å². The van der Waals surface area contributed by atoms with Crippen LogP contribution in [0, 0.1) is 0 Å². The van der Waals surface area contributed by atoms with Crippen LogP contribution in [0.2, 0.25) is 5.02 Å². The SMILES string of the molecule is COc1ccc(CCN2C(=O)/C(=C\c3ccc(OC(=O)c4ccc(Cl)cc4)c(OC)c3)SC2=S)cc1OC. The van der Waals surface area contributed by atoms with Crippen LogP contribution in [-0.4, -0.2) is 49.0 Å². The van der Waals surface area contributed by atoms with Crippen LogP contribution >= 0.6 is 35.6 Å². The number of hydrogen-bond donors (Lipinski definition) is 0. The zero-order valence-corrected chi connectivity index (χ0v) is 23.2. The van der Waals surface area contributed by atoms with E-state index in [-0.39, 0.29) is 11.7 Å². The van der Waals surface area contributed by atoms with Crippen LogP contribution in [0.4, 0.5) is 0 Å². The maximum absolute atomic E-state index is 13.1. The van der Waals surface area contributed by atoms with Crippen LogP contribution in [0.25, 0.3) is 6.08 Å². The number of ether oxygens (including phenoxy) is 4. The molecule has 196 valence electrons. The van der Waals surface area contributed by atoms with Gasteiger partial charge in [-0.15, -0.1) is 0 Å². The molecule has 0 aromatic heterocycles. The molecule has 0 saturated carbocycles. The van der Waals surface area contributed by atoms with Gasteiger partial charge in [-0.1, -0.05) is 47.7 Å².